The molecule has 1 N–H and O–H groups in total. The van der Waals surface area contributed by atoms with Crippen LogP contribution in [0.4, 0.5) is 0 Å². The van der Waals surface area contributed by atoms with E-state index in [4.69, 9.17) is 9.84 Å². The third kappa shape index (κ3) is 2.63. The summed E-state index contributed by atoms with van der Waals surface area (Å²) in [6.45, 7) is 1.77. The van der Waals surface area contributed by atoms with Gasteiger partial charge in [-0.2, -0.15) is 4.31 Å². The Morgan fingerprint density at radius 1 is 1.50 bits per heavy atom. The van der Waals surface area contributed by atoms with Crippen LogP contribution in [0.1, 0.15) is 5.56 Å². The highest BCUT2D eigenvalue weighted by atomic mass is 32.2. The summed E-state index contributed by atoms with van der Waals surface area (Å²) in [7, 11) is -2.51. The van der Waals surface area contributed by atoms with Gasteiger partial charge in [0, 0.05) is 5.75 Å². The molecule has 8 heteroatoms. The van der Waals surface area contributed by atoms with Gasteiger partial charge in [-0.05, 0) is 24.6 Å². The molecule has 0 amide bonds. The van der Waals surface area contributed by atoms with Crippen LogP contribution in [0.15, 0.2) is 23.1 Å². The number of aliphatic carboxylic acids is 1. The summed E-state index contributed by atoms with van der Waals surface area (Å²) in [6.07, 6.45) is 0. The minimum Gasteiger partial charge on any atom is -0.495 e. The highest BCUT2D eigenvalue weighted by Gasteiger charge is 2.41. The van der Waals surface area contributed by atoms with Crippen LogP contribution in [0.3, 0.4) is 0 Å². The number of carbonyl (C=O) groups is 1. The molecule has 1 aliphatic rings. The molecule has 0 spiro atoms. The van der Waals surface area contributed by atoms with Crippen LogP contribution >= 0.6 is 11.8 Å². The van der Waals surface area contributed by atoms with Gasteiger partial charge in [0.1, 0.15) is 16.7 Å². The smallest absolute Gasteiger partial charge is 0.322 e. The molecule has 0 radical (unpaired) electrons. The molecule has 0 aliphatic carbocycles. The summed E-state index contributed by atoms with van der Waals surface area (Å²) in [6, 6.07) is 3.78. The SMILES string of the molecule is COc1ccc(C)cc1S(=O)(=O)N1CSCC1C(=O)O. The van der Waals surface area contributed by atoms with E-state index in [1.807, 2.05) is 0 Å². The number of methoxy groups -OCH3 is 1. The molecule has 1 saturated heterocycles. The van der Waals surface area contributed by atoms with Crippen LogP contribution in [-0.4, -0.2) is 48.6 Å². The number of ether oxygens (including phenoxy) is 1. The van der Waals surface area contributed by atoms with E-state index in [0.717, 1.165) is 9.87 Å². The topological polar surface area (TPSA) is 83.9 Å². The van der Waals surface area contributed by atoms with Crippen molar-refractivity contribution >= 4 is 27.8 Å². The van der Waals surface area contributed by atoms with Crippen molar-refractivity contribution in [3.63, 3.8) is 0 Å². The third-order valence-corrected chi connectivity index (χ3v) is 6.08. The zero-order valence-electron chi connectivity index (χ0n) is 11.1. The van der Waals surface area contributed by atoms with Gasteiger partial charge in [-0.1, -0.05) is 6.07 Å². The van der Waals surface area contributed by atoms with Crippen molar-refractivity contribution in [3.05, 3.63) is 23.8 Å². The summed E-state index contributed by atoms with van der Waals surface area (Å²) in [5.41, 5.74) is 0.767. The van der Waals surface area contributed by atoms with Gasteiger partial charge in [-0.3, -0.25) is 4.79 Å². The largest absolute Gasteiger partial charge is 0.495 e. The van der Waals surface area contributed by atoms with Crippen molar-refractivity contribution in [2.75, 3.05) is 18.7 Å². The van der Waals surface area contributed by atoms with Crippen LogP contribution in [0.5, 0.6) is 5.75 Å². The predicted octanol–water partition coefficient (Wildman–Crippen LogP) is 1.15. The maximum Gasteiger partial charge on any atom is 0.322 e. The summed E-state index contributed by atoms with van der Waals surface area (Å²) >= 11 is 1.28. The molecule has 1 unspecified atom stereocenters. The third-order valence-electron chi connectivity index (χ3n) is 3.03. The first-order valence-electron chi connectivity index (χ1n) is 5.85. The maximum absolute atomic E-state index is 12.7. The number of hydrogen-bond acceptors (Lipinski definition) is 5. The number of sulfonamides is 1. The van der Waals surface area contributed by atoms with Crippen LogP contribution in [0.25, 0.3) is 0 Å². The number of nitrogens with zero attached hydrogens (tertiary/aromatic N) is 1. The molecule has 0 saturated carbocycles. The molecule has 20 heavy (non-hydrogen) atoms. The molecule has 1 atom stereocenters. The maximum atomic E-state index is 12.7. The Kier molecular flexibility index (Phi) is 4.26. The van der Waals surface area contributed by atoms with Gasteiger partial charge in [0.15, 0.2) is 0 Å². The molecule has 1 aliphatic heterocycles. The molecule has 110 valence electrons. The second-order valence-corrected chi connectivity index (χ2v) is 7.26. The number of carboxylic acid groups (broad SMARTS) is 1. The average Bonchev–Trinajstić information content (AvgIpc) is 2.88. The minimum atomic E-state index is -3.89. The van der Waals surface area contributed by atoms with Crippen LogP contribution in [-0.2, 0) is 14.8 Å². The van der Waals surface area contributed by atoms with E-state index < -0.39 is 22.0 Å². The molecular formula is C12H15NO5S2. The van der Waals surface area contributed by atoms with Crippen LogP contribution in [0.2, 0.25) is 0 Å². The predicted molar refractivity (Wildman–Crippen MR) is 75.5 cm³/mol. The first-order chi connectivity index (χ1) is 9.37. The number of thioether (sulfide) groups is 1. The van der Waals surface area contributed by atoms with E-state index in [-0.39, 0.29) is 22.3 Å². The summed E-state index contributed by atoms with van der Waals surface area (Å²) in [4.78, 5) is 11.2. The van der Waals surface area contributed by atoms with Crippen molar-refractivity contribution < 1.29 is 23.1 Å². The lowest BCUT2D eigenvalue weighted by Crippen LogP contribution is -2.41. The Morgan fingerprint density at radius 2 is 2.20 bits per heavy atom. The summed E-state index contributed by atoms with van der Waals surface area (Å²) in [5, 5.41) is 9.12. The summed E-state index contributed by atoms with van der Waals surface area (Å²) in [5.74, 6) is -0.527. The van der Waals surface area contributed by atoms with Gasteiger partial charge in [-0.15, -0.1) is 11.8 Å². The molecule has 0 aromatic heterocycles. The molecule has 1 fully saturated rings. The molecule has 6 nitrogen and oxygen atoms in total. The van der Waals surface area contributed by atoms with Crippen molar-refractivity contribution in [2.24, 2.45) is 0 Å². The number of hydrogen-bond donors (Lipinski definition) is 1. The lowest BCUT2D eigenvalue weighted by molar-refractivity contribution is -0.140. The summed E-state index contributed by atoms with van der Waals surface area (Å²) < 4.78 is 31.4. The van der Waals surface area contributed by atoms with Gasteiger partial charge in [0.2, 0.25) is 10.0 Å². The number of aryl methyl sites for hydroxylation is 1. The molecule has 1 aromatic carbocycles. The van der Waals surface area contributed by atoms with Crippen LogP contribution < -0.4 is 4.74 Å². The molecule has 0 bridgehead atoms. The zero-order chi connectivity index (χ0) is 14.9. The molecule has 1 aromatic rings. The highest BCUT2D eigenvalue weighted by molar-refractivity contribution is 8.00. The van der Waals surface area contributed by atoms with Crippen molar-refractivity contribution in [2.45, 2.75) is 17.9 Å². The first-order valence-corrected chi connectivity index (χ1v) is 8.44. The monoisotopic (exact) mass is 317 g/mol. The molecular weight excluding hydrogens is 302 g/mol. The Morgan fingerprint density at radius 3 is 2.80 bits per heavy atom. The lowest BCUT2D eigenvalue weighted by atomic mass is 10.2. The fourth-order valence-electron chi connectivity index (χ4n) is 1.97. The normalized spacial score (nSPS) is 20.0. The van der Waals surface area contributed by atoms with E-state index in [2.05, 4.69) is 0 Å². The standard InChI is InChI=1S/C12H15NO5S2/c1-8-3-4-10(18-2)11(5-8)20(16,17)13-7-19-6-9(13)12(14)15/h3-5,9H,6-7H2,1-2H3,(H,14,15). The van der Waals surface area contributed by atoms with E-state index in [0.29, 0.717) is 0 Å². The van der Waals surface area contributed by atoms with Crippen molar-refractivity contribution in [1.29, 1.82) is 0 Å². The second kappa shape index (κ2) is 5.63. The Bertz CT molecular complexity index is 629. The zero-order valence-corrected chi connectivity index (χ0v) is 12.7. The molecule has 2 rings (SSSR count). The van der Waals surface area contributed by atoms with E-state index >= 15 is 0 Å². The second-order valence-electron chi connectivity index (χ2n) is 4.40. The van der Waals surface area contributed by atoms with Gasteiger partial charge >= 0.3 is 5.97 Å². The Labute approximate surface area is 121 Å². The number of carboxylic acids is 1. The van der Waals surface area contributed by atoms with Crippen LogP contribution in [0, 0.1) is 6.92 Å². The molecule has 1 heterocycles. The number of rotatable bonds is 4. The van der Waals surface area contributed by atoms with E-state index in [1.54, 1.807) is 19.1 Å². The average molecular weight is 317 g/mol. The van der Waals surface area contributed by atoms with Gasteiger partial charge in [0.25, 0.3) is 0 Å². The van der Waals surface area contributed by atoms with Crippen molar-refractivity contribution in [3.8, 4) is 5.75 Å². The number of benzene rings is 1. The van der Waals surface area contributed by atoms with Gasteiger partial charge in [-0.25, -0.2) is 8.42 Å². The fourth-order valence-corrected chi connectivity index (χ4v) is 5.35. The Hall–Kier alpha value is -1.25. The Balaban J connectivity index is 2.50. The van der Waals surface area contributed by atoms with E-state index in [9.17, 15) is 13.2 Å². The fraction of sp³-hybridized carbons (Fsp3) is 0.417. The van der Waals surface area contributed by atoms with E-state index in [1.165, 1.54) is 24.9 Å². The van der Waals surface area contributed by atoms with Crippen molar-refractivity contribution in [1.82, 2.24) is 4.31 Å². The van der Waals surface area contributed by atoms with Gasteiger partial charge < -0.3 is 9.84 Å². The highest BCUT2D eigenvalue weighted by Crippen LogP contribution is 2.33. The lowest BCUT2D eigenvalue weighted by Gasteiger charge is -2.21. The first kappa shape index (κ1) is 15.1. The quantitative estimate of drug-likeness (QED) is 0.897. The minimum absolute atomic E-state index is 0.00810. The van der Waals surface area contributed by atoms with Gasteiger partial charge in [0.05, 0.1) is 13.0 Å².